The maximum atomic E-state index is 11.7. The number of hydrogen-bond acceptors (Lipinski definition) is 4. The summed E-state index contributed by atoms with van der Waals surface area (Å²) in [5.74, 6) is 0.793. The van der Waals surface area contributed by atoms with Gasteiger partial charge >= 0.3 is 5.97 Å². The molecule has 24 heavy (non-hydrogen) atoms. The quantitative estimate of drug-likeness (QED) is 0.791. The maximum absolute atomic E-state index is 11.7. The van der Waals surface area contributed by atoms with Crippen LogP contribution in [0.1, 0.15) is 29.8 Å². The van der Waals surface area contributed by atoms with Gasteiger partial charge in [-0.05, 0) is 37.8 Å². The molecule has 4 nitrogen and oxygen atoms in total. The van der Waals surface area contributed by atoms with E-state index in [2.05, 4.69) is 43.2 Å². The predicted octanol–water partition coefficient (Wildman–Crippen LogP) is 3.70. The molecule has 1 heterocycles. The number of hydrogen-bond donors (Lipinski definition) is 0. The van der Waals surface area contributed by atoms with Crippen LogP contribution in [0, 0.1) is 5.92 Å². The Labute approximate surface area is 143 Å². The van der Waals surface area contributed by atoms with Gasteiger partial charge in [-0.25, -0.2) is 4.79 Å². The Bertz CT molecular complexity index is 745. The lowest BCUT2D eigenvalue weighted by Crippen LogP contribution is -2.31. The van der Waals surface area contributed by atoms with Crippen molar-refractivity contribution in [3.8, 4) is 5.75 Å². The fourth-order valence-corrected chi connectivity index (χ4v) is 3.42. The Hall–Kier alpha value is -2.49. The molecule has 4 heteroatoms. The van der Waals surface area contributed by atoms with Crippen molar-refractivity contribution in [3.63, 3.8) is 0 Å². The van der Waals surface area contributed by atoms with Crippen LogP contribution in [0.25, 0.3) is 0 Å². The number of carbonyl (C=O) groups is 1. The van der Waals surface area contributed by atoms with Crippen molar-refractivity contribution in [2.75, 3.05) is 14.2 Å². The summed E-state index contributed by atoms with van der Waals surface area (Å²) in [6, 6.07) is 5.82. The fourth-order valence-electron chi connectivity index (χ4n) is 3.42. The van der Waals surface area contributed by atoms with Gasteiger partial charge in [0.15, 0.2) is 0 Å². The van der Waals surface area contributed by atoms with E-state index in [4.69, 9.17) is 9.47 Å². The molecule has 1 aromatic carbocycles. The molecule has 0 fully saturated rings. The molecular formula is C20H23NO3. The number of esters is 1. The number of allylic oxidation sites excluding steroid dienone is 2. The molecule has 1 aliphatic carbocycles. The second kappa shape index (κ2) is 6.56. The molecule has 2 atom stereocenters. The molecule has 2 unspecified atom stereocenters. The van der Waals surface area contributed by atoms with Crippen molar-refractivity contribution in [2.45, 2.75) is 26.4 Å². The maximum Gasteiger partial charge on any atom is 0.337 e. The topological polar surface area (TPSA) is 38.8 Å². The largest absolute Gasteiger partial charge is 0.496 e. The summed E-state index contributed by atoms with van der Waals surface area (Å²) < 4.78 is 10.3. The average Bonchev–Trinajstić information content (AvgIpc) is 2.89. The lowest BCUT2D eigenvalue weighted by molar-refractivity contribution is 0.0600. The summed E-state index contributed by atoms with van der Waals surface area (Å²) in [4.78, 5) is 14.0. The van der Waals surface area contributed by atoms with E-state index in [1.54, 1.807) is 19.2 Å². The Morgan fingerprint density at radius 2 is 2.04 bits per heavy atom. The van der Waals surface area contributed by atoms with Crippen molar-refractivity contribution in [2.24, 2.45) is 5.92 Å². The second-order valence-corrected chi connectivity index (χ2v) is 6.35. The number of carbonyl (C=O) groups excluding carboxylic acids is 1. The van der Waals surface area contributed by atoms with Gasteiger partial charge in [0.2, 0.25) is 0 Å². The number of rotatable bonds is 4. The van der Waals surface area contributed by atoms with Gasteiger partial charge < -0.3 is 14.4 Å². The number of nitrogens with zero attached hydrogens (tertiary/aromatic N) is 1. The van der Waals surface area contributed by atoms with Crippen molar-refractivity contribution in [1.82, 2.24) is 4.90 Å². The molecule has 3 rings (SSSR count). The molecule has 1 aromatic rings. The minimum absolute atomic E-state index is 0.347. The molecule has 126 valence electrons. The summed E-state index contributed by atoms with van der Waals surface area (Å²) in [5.41, 5.74) is 4.21. The predicted molar refractivity (Wildman–Crippen MR) is 93.8 cm³/mol. The Balaban J connectivity index is 1.86. The van der Waals surface area contributed by atoms with Crippen LogP contribution in [-0.2, 0) is 11.3 Å². The van der Waals surface area contributed by atoms with Crippen molar-refractivity contribution < 1.29 is 14.3 Å². The molecule has 0 spiro atoms. The first-order valence-electron chi connectivity index (χ1n) is 8.09. The highest BCUT2D eigenvalue weighted by molar-refractivity contribution is 5.89. The Morgan fingerprint density at radius 1 is 1.25 bits per heavy atom. The van der Waals surface area contributed by atoms with Crippen molar-refractivity contribution in [1.29, 1.82) is 0 Å². The number of benzene rings is 1. The zero-order valence-electron chi connectivity index (χ0n) is 14.6. The van der Waals surface area contributed by atoms with Gasteiger partial charge in [0.05, 0.1) is 25.8 Å². The molecule has 0 amide bonds. The van der Waals surface area contributed by atoms with E-state index in [0.717, 1.165) is 12.1 Å². The monoisotopic (exact) mass is 325 g/mol. The van der Waals surface area contributed by atoms with Crippen LogP contribution >= 0.6 is 0 Å². The number of ether oxygens (including phenoxy) is 2. The van der Waals surface area contributed by atoms with Gasteiger partial charge in [0.1, 0.15) is 5.75 Å². The van der Waals surface area contributed by atoms with Crippen LogP contribution in [0.15, 0.2) is 53.8 Å². The van der Waals surface area contributed by atoms with E-state index in [0.29, 0.717) is 23.3 Å². The molecule has 0 saturated carbocycles. The van der Waals surface area contributed by atoms with Crippen LogP contribution in [0.3, 0.4) is 0 Å². The first kappa shape index (κ1) is 16.4. The van der Waals surface area contributed by atoms with Crippen LogP contribution < -0.4 is 4.74 Å². The Morgan fingerprint density at radius 3 is 2.75 bits per heavy atom. The van der Waals surface area contributed by atoms with Crippen LogP contribution in [0.2, 0.25) is 0 Å². The van der Waals surface area contributed by atoms with Gasteiger partial charge in [0.25, 0.3) is 0 Å². The summed E-state index contributed by atoms with van der Waals surface area (Å²) in [7, 11) is 3.01. The van der Waals surface area contributed by atoms with Gasteiger partial charge in [-0.3, -0.25) is 0 Å². The molecule has 0 saturated heterocycles. The summed E-state index contributed by atoms with van der Waals surface area (Å²) in [6.45, 7) is 5.04. The number of methoxy groups -OCH3 is 2. The highest BCUT2D eigenvalue weighted by Crippen LogP contribution is 2.36. The molecular weight excluding hydrogens is 302 g/mol. The molecule has 0 N–H and O–H groups in total. The minimum Gasteiger partial charge on any atom is -0.496 e. The SMILES string of the molecule is COC(=O)c1ccc(CN2C=C(C)C3C=CC(C)=CC32)c(OC)c1. The highest BCUT2D eigenvalue weighted by atomic mass is 16.5. The standard InChI is InChI=1S/C20H23NO3/c1-13-5-8-17-14(2)11-21(18(17)9-13)12-16-7-6-15(20(22)24-4)10-19(16)23-3/h5-11,17-18H,12H2,1-4H3. The minimum atomic E-state index is -0.354. The summed E-state index contributed by atoms with van der Waals surface area (Å²) in [5, 5.41) is 0. The van der Waals surface area contributed by atoms with E-state index in [1.165, 1.54) is 18.3 Å². The molecule has 0 radical (unpaired) electrons. The summed E-state index contributed by atoms with van der Waals surface area (Å²) in [6.07, 6.45) is 9.01. The van der Waals surface area contributed by atoms with Crippen LogP contribution in [-0.4, -0.2) is 31.1 Å². The van der Waals surface area contributed by atoms with E-state index < -0.39 is 0 Å². The third-order valence-corrected chi connectivity index (χ3v) is 4.71. The lowest BCUT2D eigenvalue weighted by atomic mass is 9.89. The Kier molecular flexibility index (Phi) is 4.47. The first-order chi connectivity index (χ1) is 11.5. The van der Waals surface area contributed by atoms with Crippen molar-refractivity contribution in [3.05, 3.63) is 64.9 Å². The third-order valence-electron chi connectivity index (χ3n) is 4.71. The molecule has 0 aromatic heterocycles. The fraction of sp³-hybridized carbons (Fsp3) is 0.350. The lowest BCUT2D eigenvalue weighted by Gasteiger charge is -2.29. The number of fused-ring (bicyclic) bond motifs is 1. The van der Waals surface area contributed by atoms with Gasteiger partial charge in [-0.2, -0.15) is 0 Å². The van der Waals surface area contributed by atoms with Crippen LogP contribution in [0.4, 0.5) is 0 Å². The smallest absolute Gasteiger partial charge is 0.337 e. The first-order valence-corrected chi connectivity index (χ1v) is 8.09. The highest BCUT2D eigenvalue weighted by Gasteiger charge is 2.31. The van der Waals surface area contributed by atoms with Crippen molar-refractivity contribution >= 4 is 5.97 Å². The zero-order valence-corrected chi connectivity index (χ0v) is 14.6. The molecule has 2 aliphatic rings. The molecule has 0 bridgehead atoms. The normalized spacial score (nSPS) is 21.9. The molecule has 1 aliphatic heterocycles. The zero-order chi connectivity index (χ0) is 17.3. The van der Waals surface area contributed by atoms with Gasteiger partial charge in [0, 0.05) is 18.0 Å². The van der Waals surface area contributed by atoms with Gasteiger partial charge in [-0.1, -0.05) is 29.9 Å². The van der Waals surface area contributed by atoms with E-state index in [9.17, 15) is 4.79 Å². The summed E-state index contributed by atoms with van der Waals surface area (Å²) >= 11 is 0. The third kappa shape index (κ3) is 2.96. The van der Waals surface area contributed by atoms with E-state index >= 15 is 0 Å². The van der Waals surface area contributed by atoms with Crippen LogP contribution in [0.5, 0.6) is 5.75 Å². The van der Waals surface area contributed by atoms with E-state index in [-0.39, 0.29) is 5.97 Å². The van der Waals surface area contributed by atoms with E-state index in [1.807, 2.05) is 6.07 Å². The second-order valence-electron chi connectivity index (χ2n) is 6.35. The average molecular weight is 325 g/mol. The van der Waals surface area contributed by atoms with Gasteiger partial charge in [-0.15, -0.1) is 0 Å².